The Morgan fingerprint density at radius 1 is 1.29 bits per heavy atom. The molecule has 1 aliphatic rings. The highest BCUT2D eigenvalue weighted by atomic mass is 35.5. The van der Waals surface area contributed by atoms with E-state index in [1.807, 2.05) is 0 Å². The Morgan fingerprint density at radius 2 is 2.00 bits per heavy atom. The van der Waals surface area contributed by atoms with Gasteiger partial charge in [0.05, 0.1) is 27.8 Å². The molecule has 0 saturated carbocycles. The van der Waals surface area contributed by atoms with Crippen LogP contribution in [0.25, 0.3) is 6.08 Å². The number of ether oxygens (including phenoxy) is 1. The van der Waals surface area contributed by atoms with Gasteiger partial charge in [-0.2, -0.15) is 0 Å². The number of hydrogen-bond acceptors (Lipinski definition) is 6. The standard InChI is InChI=1S/C20H17ClN2O4S/c1-3-27-19(26)13-5-7-14(8-6-13)22-20-23(2)18(25)17(28-20)11-12-4-9-16(24)15(21)10-12/h4-11,24H,3H2,1-2H3. The SMILES string of the molecule is CCOC(=O)c1ccc(N=C2SC(=Cc3ccc(O)c(Cl)c3)C(=O)N2C)cc1. The number of aliphatic imine (C=N–C) groups is 1. The van der Waals surface area contributed by atoms with Crippen LogP contribution in [0.5, 0.6) is 5.75 Å². The highest BCUT2D eigenvalue weighted by Crippen LogP contribution is 2.34. The number of carbonyl (C=O) groups is 2. The van der Waals surface area contributed by atoms with Gasteiger partial charge in [0.15, 0.2) is 5.17 Å². The van der Waals surface area contributed by atoms with Gasteiger partial charge in [0.1, 0.15) is 5.75 Å². The molecule has 1 amide bonds. The number of likely N-dealkylation sites (N-methyl/N-ethyl adjacent to an activating group) is 1. The topological polar surface area (TPSA) is 79.2 Å². The lowest BCUT2D eigenvalue weighted by atomic mass is 10.2. The van der Waals surface area contributed by atoms with Crippen LogP contribution in [0.3, 0.4) is 0 Å². The van der Waals surface area contributed by atoms with Gasteiger partial charge < -0.3 is 9.84 Å². The smallest absolute Gasteiger partial charge is 0.338 e. The zero-order chi connectivity index (χ0) is 20.3. The number of hydrogen-bond donors (Lipinski definition) is 1. The molecule has 1 fully saturated rings. The summed E-state index contributed by atoms with van der Waals surface area (Å²) in [5, 5.41) is 10.2. The molecule has 2 aromatic carbocycles. The molecule has 28 heavy (non-hydrogen) atoms. The number of aromatic hydroxyl groups is 1. The van der Waals surface area contributed by atoms with Crippen LogP contribution in [-0.4, -0.2) is 40.7 Å². The Labute approximate surface area is 171 Å². The average molecular weight is 417 g/mol. The van der Waals surface area contributed by atoms with Crippen LogP contribution >= 0.6 is 23.4 Å². The summed E-state index contributed by atoms with van der Waals surface area (Å²) >= 11 is 7.15. The van der Waals surface area contributed by atoms with E-state index >= 15 is 0 Å². The number of benzene rings is 2. The summed E-state index contributed by atoms with van der Waals surface area (Å²) in [7, 11) is 1.64. The van der Waals surface area contributed by atoms with E-state index in [0.717, 1.165) is 0 Å². The third-order valence-electron chi connectivity index (χ3n) is 3.88. The average Bonchev–Trinajstić information content (AvgIpc) is 2.93. The van der Waals surface area contributed by atoms with Crippen molar-refractivity contribution < 1.29 is 19.4 Å². The van der Waals surface area contributed by atoms with Crippen LogP contribution in [0.2, 0.25) is 5.02 Å². The number of phenolic OH excluding ortho intramolecular Hbond substituents is 1. The molecule has 3 rings (SSSR count). The maximum Gasteiger partial charge on any atom is 0.338 e. The molecule has 8 heteroatoms. The minimum Gasteiger partial charge on any atom is -0.506 e. The second-order valence-electron chi connectivity index (χ2n) is 5.85. The van der Waals surface area contributed by atoms with E-state index in [9.17, 15) is 14.7 Å². The lowest BCUT2D eigenvalue weighted by Crippen LogP contribution is -2.23. The van der Waals surface area contributed by atoms with Crippen molar-refractivity contribution in [2.45, 2.75) is 6.92 Å². The Hall–Kier alpha value is -2.77. The molecule has 1 heterocycles. The Kier molecular flexibility index (Phi) is 6.06. The summed E-state index contributed by atoms with van der Waals surface area (Å²) in [6.07, 6.45) is 1.70. The summed E-state index contributed by atoms with van der Waals surface area (Å²) in [6.45, 7) is 2.06. The van der Waals surface area contributed by atoms with Gasteiger partial charge in [-0.1, -0.05) is 17.7 Å². The van der Waals surface area contributed by atoms with Crippen molar-refractivity contribution in [3.63, 3.8) is 0 Å². The predicted molar refractivity (Wildman–Crippen MR) is 111 cm³/mol. The first-order valence-electron chi connectivity index (χ1n) is 8.41. The Bertz CT molecular complexity index is 986. The molecular formula is C20H17ClN2O4S. The highest BCUT2D eigenvalue weighted by molar-refractivity contribution is 8.18. The molecule has 0 unspecified atom stereocenters. The predicted octanol–water partition coefficient (Wildman–Crippen LogP) is 4.46. The van der Waals surface area contributed by atoms with Gasteiger partial charge in [-0.3, -0.25) is 9.69 Å². The zero-order valence-corrected chi connectivity index (χ0v) is 16.8. The largest absolute Gasteiger partial charge is 0.506 e. The third-order valence-corrected chi connectivity index (χ3v) is 5.24. The lowest BCUT2D eigenvalue weighted by molar-refractivity contribution is -0.121. The third kappa shape index (κ3) is 4.37. The monoisotopic (exact) mass is 416 g/mol. The lowest BCUT2D eigenvalue weighted by Gasteiger charge is -2.07. The van der Waals surface area contributed by atoms with E-state index in [-0.39, 0.29) is 22.6 Å². The first-order valence-corrected chi connectivity index (χ1v) is 9.60. The number of amidine groups is 1. The molecule has 0 radical (unpaired) electrons. The molecule has 0 aliphatic carbocycles. The van der Waals surface area contributed by atoms with Crippen molar-refractivity contribution in [2.75, 3.05) is 13.7 Å². The number of amides is 1. The van der Waals surface area contributed by atoms with Gasteiger partial charge in [-0.15, -0.1) is 0 Å². The Balaban J connectivity index is 1.81. The van der Waals surface area contributed by atoms with Gasteiger partial charge in [0, 0.05) is 7.05 Å². The molecule has 0 spiro atoms. The van der Waals surface area contributed by atoms with E-state index in [2.05, 4.69) is 4.99 Å². The second kappa shape index (κ2) is 8.50. The fourth-order valence-corrected chi connectivity index (χ4v) is 3.59. The van der Waals surface area contributed by atoms with Crippen molar-refractivity contribution in [1.82, 2.24) is 4.90 Å². The molecule has 0 bridgehead atoms. The van der Waals surface area contributed by atoms with Gasteiger partial charge in [-0.05, 0) is 66.7 Å². The first kappa shape index (κ1) is 20.0. The minimum absolute atomic E-state index is 0.0140. The normalized spacial score (nSPS) is 16.8. The minimum atomic E-state index is -0.387. The summed E-state index contributed by atoms with van der Waals surface area (Å²) in [5.74, 6) is -0.585. The molecule has 0 atom stereocenters. The van der Waals surface area contributed by atoms with Crippen LogP contribution in [0.4, 0.5) is 5.69 Å². The highest BCUT2D eigenvalue weighted by Gasteiger charge is 2.30. The van der Waals surface area contributed by atoms with Crippen LogP contribution in [0.15, 0.2) is 52.4 Å². The molecule has 6 nitrogen and oxygen atoms in total. The number of thioether (sulfide) groups is 1. The molecular weight excluding hydrogens is 400 g/mol. The van der Waals surface area contributed by atoms with Crippen molar-refractivity contribution in [1.29, 1.82) is 0 Å². The van der Waals surface area contributed by atoms with Crippen molar-refractivity contribution >= 4 is 52.2 Å². The number of esters is 1. The number of halogens is 1. The van der Waals surface area contributed by atoms with Crippen molar-refractivity contribution in [3.8, 4) is 5.75 Å². The van der Waals surface area contributed by atoms with E-state index in [0.29, 0.717) is 33.5 Å². The van der Waals surface area contributed by atoms with E-state index in [4.69, 9.17) is 16.3 Å². The summed E-state index contributed by atoms with van der Waals surface area (Å²) in [6, 6.07) is 11.4. The fraction of sp³-hybridized carbons (Fsp3) is 0.150. The van der Waals surface area contributed by atoms with Crippen LogP contribution in [-0.2, 0) is 9.53 Å². The molecule has 1 aliphatic heterocycles. The quantitative estimate of drug-likeness (QED) is 0.588. The van der Waals surface area contributed by atoms with Crippen molar-refractivity contribution in [2.24, 2.45) is 4.99 Å². The van der Waals surface area contributed by atoms with Gasteiger partial charge >= 0.3 is 5.97 Å². The van der Waals surface area contributed by atoms with Gasteiger partial charge in [-0.25, -0.2) is 9.79 Å². The first-order chi connectivity index (χ1) is 13.4. The fourth-order valence-electron chi connectivity index (χ4n) is 2.41. The molecule has 144 valence electrons. The summed E-state index contributed by atoms with van der Waals surface area (Å²) in [5.41, 5.74) is 1.76. The number of rotatable bonds is 4. The maximum atomic E-state index is 12.5. The van der Waals surface area contributed by atoms with Crippen LogP contribution < -0.4 is 0 Å². The van der Waals surface area contributed by atoms with Gasteiger partial charge in [0.25, 0.3) is 5.91 Å². The molecule has 1 saturated heterocycles. The molecule has 1 N–H and O–H groups in total. The summed E-state index contributed by atoms with van der Waals surface area (Å²) < 4.78 is 4.95. The number of nitrogens with zero attached hydrogens (tertiary/aromatic N) is 2. The number of phenols is 1. The van der Waals surface area contributed by atoms with Crippen LogP contribution in [0, 0.1) is 0 Å². The summed E-state index contributed by atoms with van der Waals surface area (Å²) in [4.78, 5) is 30.6. The molecule has 2 aromatic rings. The Morgan fingerprint density at radius 3 is 2.64 bits per heavy atom. The van der Waals surface area contributed by atoms with E-state index in [1.54, 1.807) is 56.4 Å². The van der Waals surface area contributed by atoms with Crippen LogP contribution in [0.1, 0.15) is 22.8 Å². The maximum absolute atomic E-state index is 12.5. The second-order valence-corrected chi connectivity index (χ2v) is 7.26. The van der Waals surface area contributed by atoms with Gasteiger partial charge in [0.2, 0.25) is 0 Å². The van der Waals surface area contributed by atoms with E-state index in [1.165, 1.54) is 22.7 Å². The van der Waals surface area contributed by atoms with E-state index < -0.39 is 0 Å². The molecule has 0 aromatic heterocycles. The van der Waals surface area contributed by atoms with Crippen molar-refractivity contribution in [3.05, 3.63) is 63.5 Å². The zero-order valence-electron chi connectivity index (χ0n) is 15.2. The number of carbonyl (C=O) groups excluding carboxylic acids is 2.